The third kappa shape index (κ3) is 2.19. The number of anilines is 1. The monoisotopic (exact) mass is 303 g/mol. The standard InChI is InChI=1S/C19H17N3O/c1-12-11-15-16(20-12)7-4-8-17(15)21-19(23)14-6-3-5-13-9-10-22(2)18(13)14/h3-11,20H,1-2H3,(H,21,23). The number of fused-ring (bicyclic) bond motifs is 2. The first kappa shape index (κ1) is 13.6. The highest BCUT2D eigenvalue weighted by Gasteiger charge is 2.14. The molecule has 23 heavy (non-hydrogen) atoms. The second-order valence-corrected chi connectivity index (χ2v) is 5.84. The molecular formula is C19H17N3O. The van der Waals surface area contributed by atoms with Crippen molar-refractivity contribution < 1.29 is 4.79 Å². The van der Waals surface area contributed by atoms with Gasteiger partial charge in [-0.3, -0.25) is 4.79 Å². The molecule has 0 aliphatic heterocycles. The van der Waals surface area contributed by atoms with Crippen LogP contribution < -0.4 is 5.32 Å². The van der Waals surface area contributed by atoms with Crippen LogP contribution in [0.1, 0.15) is 16.1 Å². The highest BCUT2D eigenvalue weighted by Crippen LogP contribution is 2.26. The number of carbonyl (C=O) groups excluding carboxylic acids is 1. The van der Waals surface area contributed by atoms with Crippen molar-refractivity contribution >= 4 is 33.4 Å². The number of nitrogens with zero attached hydrogens (tertiary/aromatic N) is 1. The lowest BCUT2D eigenvalue weighted by molar-refractivity contribution is 0.102. The Balaban J connectivity index is 1.78. The summed E-state index contributed by atoms with van der Waals surface area (Å²) < 4.78 is 1.98. The Morgan fingerprint density at radius 3 is 2.83 bits per heavy atom. The van der Waals surface area contributed by atoms with E-state index in [1.54, 1.807) is 0 Å². The first-order valence-electron chi connectivity index (χ1n) is 7.57. The molecule has 2 N–H and O–H groups in total. The lowest BCUT2D eigenvalue weighted by Gasteiger charge is -2.09. The van der Waals surface area contributed by atoms with Gasteiger partial charge in [0.15, 0.2) is 0 Å². The minimum absolute atomic E-state index is 0.0937. The van der Waals surface area contributed by atoms with Gasteiger partial charge < -0.3 is 14.9 Å². The van der Waals surface area contributed by atoms with Gasteiger partial charge in [0.1, 0.15) is 0 Å². The summed E-state index contributed by atoms with van der Waals surface area (Å²) in [7, 11) is 1.95. The van der Waals surface area contributed by atoms with E-state index < -0.39 is 0 Å². The highest BCUT2D eigenvalue weighted by atomic mass is 16.1. The number of rotatable bonds is 2. The van der Waals surface area contributed by atoms with E-state index in [4.69, 9.17) is 0 Å². The number of H-pyrrole nitrogens is 1. The van der Waals surface area contributed by atoms with Gasteiger partial charge in [0, 0.05) is 35.2 Å². The van der Waals surface area contributed by atoms with Crippen LogP contribution in [0.15, 0.2) is 54.7 Å². The van der Waals surface area contributed by atoms with Crippen LogP contribution in [0.25, 0.3) is 21.8 Å². The van der Waals surface area contributed by atoms with E-state index in [0.717, 1.165) is 33.2 Å². The highest BCUT2D eigenvalue weighted by molar-refractivity contribution is 6.14. The second kappa shape index (κ2) is 5.02. The molecule has 0 aliphatic rings. The number of aromatic nitrogens is 2. The van der Waals surface area contributed by atoms with Gasteiger partial charge in [-0.1, -0.05) is 18.2 Å². The summed E-state index contributed by atoms with van der Waals surface area (Å²) in [4.78, 5) is 16.1. The van der Waals surface area contributed by atoms with E-state index in [0.29, 0.717) is 5.56 Å². The first-order valence-corrected chi connectivity index (χ1v) is 7.57. The van der Waals surface area contributed by atoms with Crippen LogP contribution in [0.5, 0.6) is 0 Å². The Morgan fingerprint density at radius 1 is 1.13 bits per heavy atom. The van der Waals surface area contributed by atoms with Crippen LogP contribution in [0.4, 0.5) is 5.69 Å². The molecule has 0 atom stereocenters. The summed E-state index contributed by atoms with van der Waals surface area (Å²) in [5.74, 6) is -0.0937. The van der Waals surface area contributed by atoms with Crippen molar-refractivity contribution in [1.29, 1.82) is 0 Å². The molecule has 0 radical (unpaired) electrons. The van der Waals surface area contributed by atoms with Crippen LogP contribution in [0.3, 0.4) is 0 Å². The molecule has 0 fully saturated rings. The van der Waals surface area contributed by atoms with Crippen molar-refractivity contribution in [2.24, 2.45) is 7.05 Å². The zero-order valence-electron chi connectivity index (χ0n) is 13.1. The minimum Gasteiger partial charge on any atom is -0.359 e. The fourth-order valence-corrected chi connectivity index (χ4v) is 3.13. The fraction of sp³-hybridized carbons (Fsp3) is 0.105. The summed E-state index contributed by atoms with van der Waals surface area (Å²) in [6, 6.07) is 15.7. The predicted molar refractivity (Wildman–Crippen MR) is 93.9 cm³/mol. The van der Waals surface area contributed by atoms with Gasteiger partial charge in [-0.05, 0) is 37.3 Å². The van der Waals surface area contributed by atoms with Crippen molar-refractivity contribution in [2.45, 2.75) is 6.92 Å². The predicted octanol–water partition coefficient (Wildman–Crippen LogP) is 4.22. The third-order valence-electron chi connectivity index (χ3n) is 4.19. The zero-order chi connectivity index (χ0) is 16.0. The minimum atomic E-state index is -0.0937. The number of hydrogen-bond donors (Lipinski definition) is 2. The number of para-hydroxylation sites is 1. The van der Waals surface area contributed by atoms with Crippen LogP contribution in [0.2, 0.25) is 0 Å². The summed E-state index contributed by atoms with van der Waals surface area (Å²) in [6.45, 7) is 2.01. The largest absolute Gasteiger partial charge is 0.359 e. The van der Waals surface area contributed by atoms with Crippen molar-refractivity contribution in [1.82, 2.24) is 9.55 Å². The van der Waals surface area contributed by atoms with Crippen LogP contribution >= 0.6 is 0 Å². The van der Waals surface area contributed by atoms with Crippen molar-refractivity contribution in [3.63, 3.8) is 0 Å². The van der Waals surface area contributed by atoms with Gasteiger partial charge >= 0.3 is 0 Å². The number of aryl methyl sites for hydroxylation is 2. The van der Waals surface area contributed by atoms with Gasteiger partial charge in [0.05, 0.1) is 16.8 Å². The molecule has 4 aromatic rings. The molecule has 2 heterocycles. The normalized spacial score (nSPS) is 11.2. The number of nitrogens with one attached hydrogen (secondary N) is 2. The molecule has 0 saturated heterocycles. The molecule has 4 rings (SSSR count). The third-order valence-corrected chi connectivity index (χ3v) is 4.19. The van der Waals surface area contributed by atoms with Crippen LogP contribution in [-0.2, 0) is 7.05 Å². The Kier molecular flexibility index (Phi) is 2.98. The Morgan fingerprint density at radius 2 is 1.96 bits per heavy atom. The SMILES string of the molecule is Cc1cc2c(NC(=O)c3cccc4ccn(C)c34)cccc2[nH]1. The van der Waals surface area contributed by atoms with E-state index in [1.165, 1.54) is 0 Å². The summed E-state index contributed by atoms with van der Waals surface area (Å²) >= 11 is 0. The Labute approximate surface area is 133 Å². The fourth-order valence-electron chi connectivity index (χ4n) is 3.13. The lowest BCUT2D eigenvalue weighted by atomic mass is 10.1. The van der Waals surface area contributed by atoms with E-state index in [-0.39, 0.29) is 5.91 Å². The van der Waals surface area contributed by atoms with Crippen molar-refractivity contribution in [3.8, 4) is 0 Å². The number of amides is 1. The number of hydrogen-bond acceptors (Lipinski definition) is 1. The molecule has 1 amide bonds. The van der Waals surface area contributed by atoms with Crippen molar-refractivity contribution in [3.05, 3.63) is 66.0 Å². The molecule has 0 spiro atoms. The van der Waals surface area contributed by atoms with Crippen LogP contribution in [0, 0.1) is 6.92 Å². The zero-order valence-corrected chi connectivity index (χ0v) is 13.1. The molecular weight excluding hydrogens is 286 g/mol. The molecule has 0 aliphatic carbocycles. The maximum absolute atomic E-state index is 12.8. The lowest BCUT2D eigenvalue weighted by Crippen LogP contribution is -2.13. The number of aromatic amines is 1. The average Bonchev–Trinajstić information content (AvgIpc) is 3.10. The molecule has 4 heteroatoms. The van der Waals surface area contributed by atoms with Gasteiger partial charge in [0.2, 0.25) is 0 Å². The smallest absolute Gasteiger partial charge is 0.257 e. The van der Waals surface area contributed by atoms with Crippen molar-refractivity contribution in [2.75, 3.05) is 5.32 Å². The maximum atomic E-state index is 12.8. The first-order chi connectivity index (χ1) is 11.1. The van der Waals surface area contributed by atoms with E-state index in [1.807, 2.05) is 73.3 Å². The van der Waals surface area contributed by atoms with E-state index in [2.05, 4.69) is 10.3 Å². The molecule has 0 bridgehead atoms. The van der Waals surface area contributed by atoms with Gasteiger partial charge in [0.25, 0.3) is 5.91 Å². The number of benzene rings is 2. The van der Waals surface area contributed by atoms with Gasteiger partial charge in [-0.25, -0.2) is 0 Å². The summed E-state index contributed by atoms with van der Waals surface area (Å²) in [6.07, 6.45) is 1.97. The Hall–Kier alpha value is -3.01. The van der Waals surface area contributed by atoms with E-state index >= 15 is 0 Å². The maximum Gasteiger partial charge on any atom is 0.257 e. The number of carbonyl (C=O) groups is 1. The average molecular weight is 303 g/mol. The Bertz CT molecular complexity index is 1040. The summed E-state index contributed by atoms with van der Waals surface area (Å²) in [5.41, 5.74) is 4.55. The van der Waals surface area contributed by atoms with Crippen LogP contribution in [-0.4, -0.2) is 15.5 Å². The van der Waals surface area contributed by atoms with E-state index in [9.17, 15) is 4.79 Å². The molecule has 2 aromatic carbocycles. The summed E-state index contributed by atoms with van der Waals surface area (Å²) in [5, 5.41) is 5.14. The molecule has 4 nitrogen and oxygen atoms in total. The van der Waals surface area contributed by atoms with Gasteiger partial charge in [-0.15, -0.1) is 0 Å². The topological polar surface area (TPSA) is 49.8 Å². The molecule has 0 unspecified atom stereocenters. The quantitative estimate of drug-likeness (QED) is 0.572. The molecule has 0 saturated carbocycles. The molecule has 2 aromatic heterocycles. The molecule has 114 valence electrons. The second-order valence-electron chi connectivity index (χ2n) is 5.84. The van der Waals surface area contributed by atoms with Gasteiger partial charge in [-0.2, -0.15) is 0 Å².